The van der Waals surface area contributed by atoms with Crippen molar-refractivity contribution in [2.24, 2.45) is 0 Å². The van der Waals surface area contributed by atoms with Crippen molar-refractivity contribution in [3.63, 3.8) is 0 Å². The maximum Gasteiger partial charge on any atom is 0.303 e. The number of nitrogens with zero attached hydrogens (tertiary/aromatic N) is 1. The van der Waals surface area contributed by atoms with Crippen LogP contribution in [-0.2, 0) is 17.8 Å². The number of para-hydroxylation sites is 1. The molecule has 0 atom stereocenters. The summed E-state index contributed by atoms with van der Waals surface area (Å²) >= 11 is 1.96. The highest BCUT2D eigenvalue weighted by atomic mass is 32.2. The van der Waals surface area contributed by atoms with E-state index >= 15 is 0 Å². The van der Waals surface area contributed by atoms with Crippen LogP contribution in [0.25, 0.3) is 10.9 Å². The Kier molecular flexibility index (Phi) is 5.53. The van der Waals surface area contributed by atoms with Crippen LogP contribution >= 0.6 is 11.8 Å². The van der Waals surface area contributed by atoms with Gasteiger partial charge in [0.2, 0.25) is 0 Å². The minimum atomic E-state index is -0.735. The number of aliphatic carboxylic acids is 1. The predicted octanol–water partition coefficient (Wildman–Crippen LogP) is 3.80. The molecule has 0 saturated heterocycles. The van der Waals surface area contributed by atoms with Gasteiger partial charge in [0.25, 0.3) is 0 Å². The molecular formula is C16H21NO2S. The van der Waals surface area contributed by atoms with Crippen molar-refractivity contribution in [1.29, 1.82) is 0 Å². The highest BCUT2D eigenvalue weighted by molar-refractivity contribution is 7.99. The third-order valence-corrected chi connectivity index (χ3v) is 4.36. The quantitative estimate of drug-likeness (QED) is 0.752. The molecule has 0 aliphatic carbocycles. The molecule has 1 aromatic carbocycles. The van der Waals surface area contributed by atoms with Crippen LogP contribution in [0.3, 0.4) is 0 Å². The lowest BCUT2D eigenvalue weighted by Gasteiger charge is -2.04. The zero-order chi connectivity index (χ0) is 14.4. The van der Waals surface area contributed by atoms with Gasteiger partial charge in [-0.05, 0) is 36.0 Å². The van der Waals surface area contributed by atoms with E-state index in [2.05, 4.69) is 29.8 Å². The lowest BCUT2D eigenvalue weighted by Crippen LogP contribution is -1.98. The van der Waals surface area contributed by atoms with Gasteiger partial charge in [-0.15, -0.1) is 0 Å². The van der Waals surface area contributed by atoms with E-state index in [0.29, 0.717) is 6.42 Å². The first kappa shape index (κ1) is 15.0. The van der Waals surface area contributed by atoms with Gasteiger partial charge < -0.3 is 9.67 Å². The zero-order valence-corrected chi connectivity index (χ0v) is 12.7. The molecule has 1 heterocycles. The van der Waals surface area contributed by atoms with Gasteiger partial charge in [-0.3, -0.25) is 4.79 Å². The van der Waals surface area contributed by atoms with Crippen molar-refractivity contribution in [1.82, 2.24) is 4.57 Å². The van der Waals surface area contributed by atoms with E-state index in [9.17, 15) is 4.79 Å². The minimum absolute atomic E-state index is 0.194. The minimum Gasteiger partial charge on any atom is -0.481 e. The molecule has 4 heteroatoms. The van der Waals surface area contributed by atoms with E-state index < -0.39 is 5.97 Å². The standard InChI is InChI=1S/C16H21NO2S/c1-2-20-11-5-10-17-12-13(8-9-16(18)19)14-6-3-4-7-15(14)17/h3-4,6-7,12H,2,5,8-11H2,1H3,(H,18,19). The number of thioether (sulfide) groups is 1. The van der Waals surface area contributed by atoms with Gasteiger partial charge in [0.15, 0.2) is 0 Å². The van der Waals surface area contributed by atoms with Crippen LogP contribution in [-0.4, -0.2) is 27.1 Å². The molecular weight excluding hydrogens is 270 g/mol. The Balaban J connectivity index is 2.15. The fourth-order valence-corrected chi connectivity index (χ4v) is 3.05. The summed E-state index contributed by atoms with van der Waals surface area (Å²) in [6.07, 6.45) is 4.08. The number of rotatable bonds is 8. The number of fused-ring (bicyclic) bond motifs is 1. The monoisotopic (exact) mass is 291 g/mol. The Bertz CT molecular complexity index is 577. The normalized spacial score (nSPS) is 11.1. The van der Waals surface area contributed by atoms with Crippen LogP contribution in [0.1, 0.15) is 25.3 Å². The van der Waals surface area contributed by atoms with Gasteiger partial charge in [0.1, 0.15) is 0 Å². The van der Waals surface area contributed by atoms with Crippen molar-refractivity contribution in [3.05, 3.63) is 36.0 Å². The smallest absolute Gasteiger partial charge is 0.303 e. The highest BCUT2D eigenvalue weighted by Crippen LogP contribution is 2.23. The summed E-state index contributed by atoms with van der Waals surface area (Å²) in [5.41, 5.74) is 2.36. The van der Waals surface area contributed by atoms with Crippen LogP contribution in [0, 0.1) is 0 Å². The summed E-state index contributed by atoms with van der Waals surface area (Å²) < 4.78 is 2.27. The van der Waals surface area contributed by atoms with E-state index in [0.717, 1.165) is 24.3 Å². The van der Waals surface area contributed by atoms with E-state index in [1.807, 2.05) is 23.9 Å². The van der Waals surface area contributed by atoms with Crippen LogP contribution in [0.15, 0.2) is 30.5 Å². The molecule has 0 amide bonds. The van der Waals surface area contributed by atoms with E-state index in [4.69, 9.17) is 5.11 Å². The second-order valence-corrected chi connectivity index (χ2v) is 6.20. The van der Waals surface area contributed by atoms with Crippen LogP contribution in [0.2, 0.25) is 0 Å². The largest absolute Gasteiger partial charge is 0.481 e. The topological polar surface area (TPSA) is 42.2 Å². The van der Waals surface area contributed by atoms with Gasteiger partial charge in [-0.2, -0.15) is 11.8 Å². The molecule has 20 heavy (non-hydrogen) atoms. The van der Waals surface area contributed by atoms with Crippen molar-refractivity contribution >= 4 is 28.6 Å². The molecule has 0 bridgehead atoms. The number of benzene rings is 1. The molecule has 3 nitrogen and oxygen atoms in total. The number of carboxylic acids is 1. The summed E-state index contributed by atoms with van der Waals surface area (Å²) in [4.78, 5) is 10.7. The molecule has 0 saturated carbocycles. The van der Waals surface area contributed by atoms with Gasteiger partial charge >= 0.3 is 5.97 Å². The first-order valence-electron chi connectivity index (χ1n) is 7.08. The third kappa shape index (κ3) is 3.79. The number of hydrogen-bond acceptors (Lipinski definition) is 2. The van der Waals surface area contributed by atoms with E-state index in [-0.39, 0.29) is 6.42 Å². The predicted molar refractivity (Wildman–Crippen MR) is 85.5 cm³/mol. The molecule has 108 valence electrons. The maximum absolute atomic E-state index is 10.7. The summed E-state index contributed by atoms with van der Waals surface area (Å²) in [6, 6.07) is 8.26. The van der Waals surface area contributed by atoms with Gasteiger partial charge in [-0.25, -0.2) is 0 Å². The van der Waals surface area contributed by atoms with Crippen molar-refractivity contribution in [2.45, 2.75) is 32.7 Å². The molecule has 0 radical (unpaired) electrons. The molecule has 0 aliphatic heterocycles. The molecule has 0 spiro atoms. The van der Waals surface area contributed by atoms with Gasteiger partial charge in [-0.1, -0.05) is 25.1 Å². The molecule has 1 aromatic heterocycles. The van der Waals surface area contributed by atoms with Gasteiger partial charge in [0.05, 0.1) is 0 Å². The Labute approximate surface area is 124 Å². The lowest BCUT2D eigenvalue weighted by atomic mass is 10.1. The summed E-state index contributed by atoms with van der Waals surface area (Å²) in [7, 11) is 0. The summed E-state index contributed by atoms with van der Waals surface area (Å²) in [6.45, 7) is 3.18. The summed E-state index contributed by atoms with van der Waals surface area (Å²) in [5.74, 6) is 1.60. The van der Waals surface area contributed by atoms with Crippen molar-refractivity contribution in [3.8, 4) is 0 Å². The fourth-order valence-electron chi connectivity index (χ4n) is 2.43. The van der Waals surface area contributed by atoms with Crippen LogP contribution in [0.4, 0.5) is 0 Å². The first-order valence-corrected chi connectivity index (χ1v) is 8.24. The van der Waals surface area contributed by atoms with E-state index in [1.165, 1.54) is 16.7 Å². The second kappa shape index (κ2) is 7.39. The van der Waals surface area contributed by atoms with Crippen molar-refractivity contribution < 1.29 is 9.90 Å². The highest BCUT2D eigenvalue weighted by Gasteiger charge is 2.09. The van der Waals surface area contributed by atoms with E-state index in [1.54, 1.807) is 0 Å². The molecule has 2 rings (SSSR count). The number of carboxylic acid groups (broad SMARTS) is 1. The average molecular weight is 291 g/mol. The van der Waals surface area contributed by atoms with Gasteiger partial charge in [0, 0.05) is 30.1 Å². The number of aryl methyl sites for hydroxylation is 2. The lowest BCUT2D eigenvalue weighted by molar-refractivity contribution is -0.136. The third-order valence-electron chi connectivity index (χ3n) is 3.37. The second-order valence-electron chi connectivity index (χ2n) is 4.81. The Morgan fingerprint density at radius 1 is 1.35 bits per heavy atom. The van der Waals surface area contributed by atoms with Crippen molar-refractivity contribution in [2.75, 3.05) is 11.5 Å². The number of carbonyl (C=O) groups is 1. The molecule has 1 N–H and O–H groups in total. The maximum atomic E-state index is 10.7. The zero-order valence-electron chi connectivity index (χ0n) is 11.8. The van der Waals surface area contributed by atoms with Crippen LogP contribution < -0.4 is 0 Å². The first-order chi connectivity index (χ1) is 9.72. The Morgan fingerprint density at radius 2 is 2.15 bits per heavy atom. The number of hydrogen-bond donors (Lipinski definition) is 1. The molecule has 0 aliphatic rings. The summed E-state index contributed by atoms with van der Waals surface area (Å²) in [5, 5.41) is 10.0. The number of aromatic nitrogens is 1. The Morgan fingerprint density at radius 3 is 2.90 bits per heavy atom. The molecule has 0 fully saturated rings. The average Bonchev–Trinajstić information content (AvgIpc) is 2.80. The fraction of sp³-hybridized carbons (Fsp3) is 0.438. The Hall–Kier alpha value is -1.42. The SMILES string of the molecule is CCSCCCn1cc(CCC(=O)O)c2ccccc21. The van der Waals surface area contributed by atoms with Crippen LogP contribution in [0.5, 0.6) is 0 Å². The molecule has 2 aromatic rings. The molecule has 0 unspecified atom stereocenters.